The van der Waals surface area contributed by atoms with E-state index in [0.717, 1.165) is 19.3 Å². The summed E-state index contributed by atoms with van der Waals surface area (Å²) in [6.45, 7) is 5.94. The van der Waals surface area contributed by atoms with Crippen LogP contribution >= 0.6 is 11.6 Å². The van der Waals surface area contributed by atoms with Crippen LogP contribution in [0.2, 0.25) is 0 Å². The summed E-state index contributed by atoms with van der Waals surface area (Å²) in [5, 5.41) is 1.41. The highest BCUT2D eigenvalue weighted by atomic mass is 35.5. The third-order valence-corrected chi connectivity index (χ3v) is 3.52. The Bertz CT molecular complexity index is 436. The number of rotatable bonds is 8. The lowest BCUT2D eigenvalue weighted by Gasteiger charge is -2.29. The summed E-state index contributed by atoms with van der Waals surface area (Å²) in [4.78, 5) is 12.3. The van der Waals surface area contributed by atoms with Crippen LogP contribution in [0.1, 0.15) is 46.5 Å². The van der Waals surface area contributed by atoms with E-state index in [1.807, 2.05) is 13.8 Å². The van der Waals surface area contributed by atoms with Crippen molar-refractivity contribution >= 4 is 23.2 Å². The average molecular weight is 315 g/mol. The highest BCUT2D eigenvalue weighted by Gasteiger charge is 2.20. The summed E-state index contributed by atoms with van der Waals surface area (Å²) in [6.07, 6.45) is 3.23. The number of anilines is 1. The summed E-state index contributed by atoms with van der Waals surface area (Å²) in [5.41, 5.74) is 3.70. The number of hydrazine groups is 1. The van der Waals surface area contributed by atoms with Crippen LogP contribution in [0, 0.1) is 5.82 Å². The minimum absolute atomic E-state index is 0.0161. The van der Waals surface area contributed by atoms with Crippen molar-refractivity contribution in [2.24, 2.45) is 0 Å². The summed E-state index contributed by atoms with van der Waals surface area (Å²) in [6, 6.07) is 5.91. The van der Waals surface area contributed by atoms with E-state index in [-0.39, 0.29) is 23.1 Å². The second-order valence-corrected chi connectivity index (χ2v) is 6.04. The molecule has 0 bridgehead atoms. The molecule has 0 aromatic heterocycles. The molecule has 0 spiro atoms. The number of hydrogen-bond donors (Lipinski definition) is 1. The molecule has 0 heterocycles. The van der Waals surface area contributed by atoms with Crippen molar-refractivity contribution in [1.82, 2.24) is 5.01 Å². The summed E-state index contributed by atoms with van der Waals surface area (Å²) in [7, 11) is 0. The molecule has 0 saturated carbocycles. The van der Waals surface area contributed by atoms with Crippen LogP contribution < -0.4 is 5.43 Å². The fourth-order valence-electron chi connectivity index (χ4n) is 1.96. The fraction of sp³-hybridized carbons (Fsp3) is 0.562. The second kappa shape index (κ2) is 8.88. The van der Waals surface area contributed by atoms with E-state index in [4.69, 9.17) is 11.6 Å². The largest absolute Gasteiger partial charge is 0.296 e. The normalized spacial score (nSPS) is 12.3. The molecule has 0 fully saturated rings. The number of carbonyl (C=O) groups excluding carboxylic acids is 1. The van der Waals surface area contributed by atoms with Gasteiger partial charge in [0.05, 0.1) is 5.69 Å². The first-order valence-corrected chi connectivity index (χ1v) is 7.86. The second-order valence-electron chi connectivity index (χ2n) is 5.42. The van der Waals surface area contributed by atoms with Gasteiger partial charge < -0.3 is 0 Å². The van der Waals surface area contributed by atoms with Crippen molar-refractivity contribution in [3.8, 4) is 0 Å². The zero-order valence-corrected chi connectivity index (χ0v) is 13.7. The van der Waals surface area contributed by atoms with E-state index in [1.165, 1.54) is 12.1 Å². The maximum absolute atomic E-state index is 12.9. The number of amides is 1. The molecule has 0 radical (unpaired) electrons. The first-order chi connectivity index (χ1) is 9.93. The number of nitrogens with zero attached hydrogens (tertiary/aromatic N) is 1. The van der Waals surface area contributed by atoms with E-state index >= 15 is 0 Å². The van der Waals surface area contributed by atoms with Crippen LogP contribution in [0.3, 0.4) is 0 Å². The zero-order valence-electron chi connectivity index (χ0n) is 12.9. The smallest absolute Gasteiger partial charge is 0.242 e. The first kappa shape index (κ1) is 17.8. The van der Waals surface area contributed by atoms with Crippen LogP contribution in [-0.4, -0.2) is 22.3 Å². The molecule has 1 N–H and O–H groups in total. The number of benzene rings is 1. The van der Waals surface area contributed by atoms with E-state index in [0.29, 0.717) is 12.1 Å². The van der Waals surface area contributed by atoms with Gasteiger partial charge >= 0.3 is 0 Å². The van der Waals surface area contributed by atoms with Crippen molar-refractivity contribution in [3.63, 3.8) is 0 Å². The molecular weight excluding hydrogens is 291 g/mol. The Hall–Kier alpha value is -1.29. The maximum Gasteiger partial charge on any atom is 0.242 e. The van der Waals surface area contributed by atoms with Gasteiger partial charge in [0.15, 0.2) is 0 Å². The van der Waals surface area contributed by atoms with Crippen molar-refractivity contribution < 1.29 is 9.18 Å². The lowest BCUT2D eigenvalue weighted by Crippen LogP contribution is -2.42. The molecule has 0 saturated heterocycles. The molecule has 21 heavy (non-hydrogen) atoms. The lowest BCUT2D eigenvalue weighted by atomic mass is 10.1. The minimum atomic E-state index is -0.302. The highest BCUT2D eigenvalue weighted by molar-refractivity contribution is 6.21. The molecule has 1 atom stereocenters. The molecule has 0 aliphatic heterocycles. The topological polar surface area (TPSA) is 32.3 Å². The quantitative estimate of drug-likeness (QED) is 0.563. The molecule has 0 aliphatic rings. The van der Waals surface area contributed by atoms with Gasteiger partial charge in [-0.1, -0.05) is 19.8 Å². The number of unbranched alkanes of at least 4 members (excludes halogenated alkanes) is 1. The number of carbonyl (C=O) groups is 1. The summed E-state index contributed by atoms with van der Waals surface area (Å²) < 4.78 is 12.9. The number of halogens is 2. The Labute approximate surface area is 131 Å². The number of hydrogen-bond acceptors (Lipinski definition) is 2. The van der Waals surface area contributed by atoms with E-state index in [9.17, 15) is 9.18 Å². The predicted octanol–water partition coefficient (Wildman–Crippen LogP) is 4.58. The van der Waals surface area contributed by atoms with Gasteiger partial charge in [-0.15, -0.1) is 11.6 Å². The van der Waals surface area contributed by atoms with Crippen molar-refractivity contribution in [1.29, 1.82) is 0 Å². The number of nitrogens with one attached hydrogen (secondary N) is 1. The van der Waals surface area contributed by atoms with Crippen LogP contribution in [0.15, 0.2) is 24.3 Å². The Morgan fingerprint density at radius 2 is 1.95 bits per heavy atom. The Morgan fingerprint density at radius 1 is 1.33 bits per heavy atom. The standard InChI is InChI=1S/C16H24ClFN2O/c1-4-5-6-13(17)11-16(21)20(12(2)3)19-15-9-7-14(18)8-10-15/h7-10,12-13,19H,4-6,11H2,1-3H3. The lowest BCUT2D eigenvalue weighted by molar-refractivity contribution is -0.131. The van der Waals surface area contributed by atoms with Crippen molar-refractivity contribution in [3.05, 3.63) is 30.1 Å². The van der Waals surface area contributed by atoms with E-state index in [2.05, 4.69) is 12.3 Å². The van der Waals surface area contributed by atoms with Crippen LogP contribution in [0.25, 0.3) is 0 Å². The highest BCUT2D eigenvalue weighted by Crippen LogP contribution is 2.16. The molecule has 118 valence electrons. The monoisotopic (exact) mass is 314 g/mol. The number of alkyl halides is 1. The first-order valence-electron chi connectivity index (χ1n) is 7.42. The minimum Gasteiger partial charge on any atom is -0.296 e. The van der Waals surface area contributed by atoms with Crippen LogP contribution in [0.4, 0.5) is 10.1 Å². The van der Waals surface area contributed by atoms with E-state index in [1.54, 1.807) is 17.1 Å². The van der Waals surface area contributed by atoms with Gasteiger partial charge in [-0.2, -0.15) is 0 Å². The molecular formula is C16H24ClFN2O. The van der Waals surface area contributed by atoms with Gasteiger partial charge in [-0.3, -0.25) is 15.2 Å². The molecule has 0 aliphatic carbocycles. The summed E-state index contributed by atoms with van der Waals surface area (Å²) in [5.74, 6) is -0.353. The van der Waals surface area contributed by atoms with E-state index < -0.39 is 0 Å². The molecule has 1 unspecified atom stereocenters. The Morgan fingerprint density at radius 3 is 2.48 bits per heavy atom. The van der Waals surface area contributed by atoms with Gasteiger partial charge in [0, 0.05) is 17.8 Å². The van der Waals surface area contributed by atoms with Gasteiger partial charge in [0.2, 0.25) is 5.91 Å². The predicted molar refractivity (Wildman–Crippen MR) is 85.8 cm³/mol. The molecule has 1 amide bonds. The Kier molecular flexibility index (Phi) is 7.51. The molecule has 3 nitrogen and oxygen atoms in total. The SMILES string of the molecule is CCCCC(Cl)CC(=O)N(Nc1ccc(F)cc1)C(C)C. The van der Waals surface area contributed by atoms with Gasteiger partial charge in [-0.05, 0) is 44.5 Å². The van der Waals surface area contributed by atoms with Crippen LogP contribution in [-0.2, 0) is 4.79 Å². The zero-order chi connectivity index (χ0) is 15.8. The van der Waals surface area contributed by atoms with Gasteiger partial charge in [0.25, 0.3) is 0 Å². The van der Waals surface area contributed by atoms with Gasteiger partial charge in [0.1, 0.15) is 5.82 Å². The molecule has 5 heteroatoms. The molecule has 1 aromatic rings. The third kappa shape index (κ3) is 6.34. The average Bonchev–Trinajstić information content (AvgIpc) is 2.43. The van der Waals surface area contributed by atoms with Crippen molar-refractivity contribution in [2.75, 3.05) is 5.43 Å². The van der Waals surface area contributed by atoms with Gasteiger partial charge in [-0.25, -0.2) is 4.39 Å². The third-order valence-electron chi connectivity index (χ3n) is 3.15. The summed E-state index contributed by atoms with van der Waals surface area (Å²) >= 11 is 6.20. The van der Waals surface area contributed by atoms with Crippen molar-refractivity contribution in [2.45, 2.75) is 57.9 Å². The Balaban J connectivity index is 2.63. The molecule has 1 aromatic carbocycles. The fourth-order valence-corrected chi connectivity index (χ4v) is 2.24. The van der Waals surface area contributed by atoms with Crippen LogP contribution in [0.5, 0.6) is 0 Å². The maximum atomic E-state index is 12.9. The molecule has 1 rings (SSSR count).